The molecule has 0 amide bonds. The average Bonchev–Trinajstić information content (AvgIpc) is 2.90. The van der Waals surface area contributed by atoms with Crippen LogP contribution in [0.2, 0.25) is 0 Å². The highest BCUT2D eigenvalue weighted by Gasteiger charge is 2.83. The van der Waals surface area contributed by atoms with Crippen LogP contribution in [0.1, 0.15) is 5.56 Å². The van der Waals surface area contributed by atoms with Gasteiger partial charge in [0.2, 0.25) is 5.79 Å². The maximum atomic E-state index is 10.2. The van der Waals surface area contributed by atoms with E-state index in [1.807, 2.05) is 30.3 Å². The third-order valence-corrected chi connectivity index (χ3v) is 12.1. The van der Waals surface area contributed by atoms with Crippen molar-refractivity contribution in [2.24, 2.45) is 11.8 Å². The Morgan fingerprint density at radius 2 is 1.50 bits per heavy atom. The van der Waals surface area contributed by atoms with Crippen LogP contribution in [0, 0.1) is 11.8 Å². The van der Waals surface area contributed by atoms with Gasteiger partial charge in [-0.15, -0.1) is 0 Å². The maximum Gasteiger partial charge on any atom is 0.209 e. The van der Waals surface area contributed by atoms with Gasteiger partial charge in [0.05, 0.1) is 13.2 Å². The topological polar surface area (TPSA) is 47.9 Å². The van der Waals surface area contributed by atoms with Gasteiger partial charge in [0.25, 0.3) is 0 Å². The highest BCUT2D eigenvalue weighted by atomic mass is 79.9. The van der Waals surface area contributed by atoms with Crippen LogP contribution in [0.15, 0.2) is 39.3 Å². The van der Waals surface area contributed by atoms with E-state index in [4.69, 9.17) is 14.2 Å². The second-order valence-corrected chi connectivity index (χ2v) is 10.6. The summed E-state index contributed by atoms with van der Waals surface area (Å²) in [4.78, 5) is 0. The number of aliphatic hydroxyl groups is 1. The number of aliphatic hydroxyl groups excluding tert-OH is 1. The second kappa shape index (κ2) is 7.86. The van der Waals surface area contributed by atoms with Crippen molar-refractivity contribution in [2.45, 2.75) is 21.0 Å². The van der Waals surface area contributed by atoms with Crippen molar-refractivity contribution in [2.75, 3.05) is 27.4 Å². The van der Waals surface area contributed by atoms with Gasteiger partial charge >= 0.3 is 0 Å². The summed E-state index contributed by atoms with van der Waals surface area (Å²) in [5.41, 5.74) is 1.11. The molecule has 0 heterocycles. The molecule has 144 valence electrons. The van der Waals surface area contributed by atoms with Crippen LogP contribution in [0.4, 0.5) is 0 Å². The van der Waals surface area contributed by atoms with Crippen LogP contribution in [-0.2, 0) is 20.8 Å². The molecule has 0 saturated heterocycles. The van der Waals surface area contributed by atoms with Crippen molar-refractivity contribution in [1.82, 2.24) is 0 Å². The first-order valence-electron chi connectivity index (χ1n) is 8.12. The lowest BCUT2D eigenvalue weighted by atomic mass is 9.84. The summed E-state index contributed by atoms with van der Waals surface area (Å²) in [7, 11) is 3.23. The molecule has 1 saturated carbocycles. The molecule has 1 aromatic carbocycles. The van der Waals surface area contributed by atoms with E-state index >= 15 is 0 Å². The van der Waals surface area contributed by atoms with Gasteiger partial charge in [-0.1, -0.05) is 94.1 Å². The predicted molar refractivity (Wildman–Crippen MR) is 115 cm³/mol. The van der Waals surface area contributed by atoms with Gasteiger partial charge in [-0.25, -0.2) is 0 Å². The number of rotatable bonds is 7. The van der Waals surface area contributed by atoms with Gasteiger partial charge < -0.3 is 19.3 Å². The van der Waals surface area contributed by atoms with Crippen molar-refractivity contribution in [3.8, 4) is 0 Å². The van der Waals surface area contributed by atoms with E-state index < -0.39 is 14.4 Å². The van der Waals surface area contributed by atoms with Crippen LogP contribution in [0.3, 0.4) is 0 Å². The minimum atomic E-state index is -1.05. The highest BCUT2D eigenvalue weighted by Crippen LogP contribution is 2.75. The number of fused-ring (bicyclic) bond motifs is 2. The summed E-state index contributed by atoms with van der Waals surface area (Å²) in [6.07, 6.45) is 0. The average molecular weight is 620 g/mol. The lowest BCUT2D eigenvalue weighted by Crippen LogP contribution is -2.57. The number of hydrogen-bond acceptors (Lipinski definition) is 4. The molecular weight excluding hydrogens is 600 g/mol. The van der Waals surface area contributed by atoms with E-state index in [1.165, 1.54) is 0 Å². The van der Waals surface area contributed by atoms with E-state index in [2.05, 4.69) is 63.7 Å². The molecule has 3 rings (SSSR count). The van der Waals surface area contributed by atoms with Gasteiger partial charge in [0.15, 0.2) is 0 Å². The molecule has 0 radical (unpaired) electrons. The predicted octanol–water partition coefficient (Wildman–Crippen LogP) is 4.71. The van der Waals surface area contributed by atoms with Crippen molar-refractivity contribution >= 4 is 63.7 Å². The van der Waals surface area contributed by atoms with Crippen LogP contribution < -0.4 is 0 Å². The number of ether oxygens (including phenoxy) is 3. The highest BCUT2D eigenvalue weighted by molar-refractivity contribution is 9.16. The number of benzene rings is 1. The van der Waals surface area contributed by atoms with Crippen LogP contribution >= 0.6 is 63.7 Å². The summed E-state index contributed by atoms with van der Waals surface area (Å²) in [6, 6.07) is 10.0. The first-order chi connectivity index (χ1) is 12.3. The van der Waals surface area contributed by atoms with Gasteiger partial charge in [-0.05, 0) is 5.56 Å². The van der Waals surface area contributed by atoms with E-state index in [1.54, 1.807) is 14.2 Å². The zero-order valence-electron chi connectivity index (χ0n) is 14.3. The molecule has 2 bridgehead atoms. The molecule has 0 aromatic heterocycles. The number of methoxy groups -OCH3 is 2. The van der Waals surface area contributed by atoms with Crippen molar-refractivity contribution in [3.05, 3.63) is 44.9 Å². The Labute approximate surface area is 187 Å². The van der Waals surface area contributed by atoms with Gasteiger partial charge in [-0.2, -0.15) is 0 Å². The Kier molecular flexibility index (Phi) is 6.48. The Balaban J connectivity index is 1.93. The molecule has 0 aliphatic heterocycles. The lowest BCUT2D eigenvalue weighted by Gasteiger charge is -2.42. The normalized spacial score (nSPS) is 35.3. The van der Waals surface area contributed by atoms with Gasteiger partial charge in [-0.3, -0.25) is 0 Å². The minimum absolute atomic E-state index is 0.0399. The monoisotopic (exact) mass is 616 g/mol. The largest absolute Gasteiger partial charge is 0.396 e. The molecular formula is C18H20Br4O4. The van der Waals surface area contributed by atoms with Crippen LogP contribution in [-0.4, -0.2) is 47.0 Å². The molecule has 0 unspecified atom stereocenters. The van der Waals surface area contributed by atoms with Gasteiger partial charge in [0, 0.05) is 41.6 Å². The summed E-state index contributed by atoms with van der Waals surface area (Å²) in [5, 5.41) is 10.2. The fourth-order valence-electron chi connectivity index (χ4n) is 4.28. The Morgan fingerprint density at radius 1 is 0.962 bits per heavy atom. The molecule has 0 spiro atoms. The van der Waals surface area contributed by atoms with E-state index in [9.17, 15) is 5.11 Å². The molecule has 1 N–H and O–H groups in total. The third kappa shape index (κ3) is 2.63. The Bertz CT molecular complexity index is 694. The van der Waals surface area contributed by atoms with Crippen molar-refractivity contribution in [1.29, 1.82) is 0 Å². The number of alkyl halides is 2. The van der Waals surface area contributed by atoms with Crippen molar-refractivity contribution in [3.63, 3.8) is 0 Å². The zero-order chi connectivity index (χ0) is 19.2. The molecule has 8 heteroatoms. The van der Waals surface area contributed by atoms with Crippen LogP contribution in [0.5, 0.6) is 0 Å². The second-order valence-electron chi connectivity index (χ2n) is 6.47. The van der Waals surface area contributed by atoms with E-state index in [0.29, 0.717) is 13.2 Å². The smallest absolute Gasteiger partial charge is 0.209 e. The summed E-state index contributed by atoms with van der Waals surface area (Å²) < 4.78 is 18.2. The van der Waals surface area contributed by atoms with E-state index in [0.717, 1.165) is 14.5 Å². The molecule has 4 nitrogen and oxygen atoms in total. The molecule has 4 atom stereocenters. The Morgan fingerprint density at radius 3 is 2.00 bits per heavy atom. The molecule has 2 aliphatic rings. The fourth-order valence-corrected chi connectivity index (χ4v) is 9.40. The molecule has 1 aromatic rings. The summed E-state index contributed by atoms with van der Waals surface area (Å²) in [6.45, 7) is 0.897. The molecule has 26 heavy (non-hydrogen) atoms. The summed E-state index contributed by atoms with van der Waals surface area (Å²) >= 11 is 15.1. The number of halogens is 4. The van der Waals surface area contributed by atoms with E-state index in [-0.39, 0.29) is 18.4 Å². The third-order valence-electron chi connectivity index (χ3n) is 5.48. The van der Waals surface area contributed by atoms with Gasteiger partial charge in [0.1, 0.15) is 8.65 Å². The summed E-state index contributed by atoms with van der Waals surface area (Å²) in [5.74, 6) is -1.33. The standard InChI is InChI=1S/C18H20Br4O4/c1-24-18(25-2)16(21)12(8-23)13(17(18,22)15(20)14(16)19)10-26-9-11-6-4-3-5-7-11/h3-7,12-13,23H,8-10H2,1-2H3/t12-,13+,16+,17+/m1/s1. The minimum Gasteiger partial charge on any atom is -0.396 e. The van der Waals surface area contributed by atoms with Crippen molar-refractivity contribution < 1.29 is 19.3 Å². The zero-order valence-corrected chi connectivity index (χ0v) is 20.7. The molecule has 1 fully saturated rings. The first kappa shape index (κ1) is 21.4. The first-order valence-corrected chi connectivity index (χ1v) is 11.3. The molecule has 2 aliphatic carbocycles. The Hall–Kier alpha value is 0.720. The number of hydrogen-bond donors (Lipinski definition) is 1. The lowest BCUT2D eigenvalue weighted by molar-refractivity contribution is -0.215. The maximum absolute atomic E-state index is 10.2. The SMILES string of the molecule is COC1(OC)[C@@]2(Br)C(Br)=C(Br)[C@@]1(Br)[C@@H](COCc1ccccc1)[C@H]2CO. The fraction of sp³-hybridized carbons (Fsp3) is 0.556. The quantitative estimate of drug-likeness (QED) is 0.355. The van der Waals surface area contributed by atoms with Crippen LogP contribution in [0.25, 0.3) is 0 Å².